The highest BCUT2D eigenvalue weighted by Crippen LogP contribution is 2.54. The Balaban J connectivity index is 0.000000466. The smallest absolute Gasteiger partial charge is 0.417 e. The summed E-state index contributed by atoms with van der Waals surface area (Å²) in [6.07, 6.45) is 44.1. The van der Waals surface area contributed by atoms with Crippen LogP contribution in [-0.2, 0) is 53.3 Å². The zero-order chi connectivity index (χ0) is 62.6. The molecule has 0 aromatic heterocycles. The van der Waals surface area contributed by atoms with Gasteiger partial charge in [0.1, 0.15) is 11.5 Å². The van der Waals surface area contributed by atoms with E-state index in [9.17, 15) is 0 Å². The fraction of sp³-hybridized carbons (Fsp3) is 0.836. The molecular weight excluding hydrogens is 1110 g/mol. The van der Waals surface area contributed by atoms with Crippen LogP contribution in [0, 0.1) is 19.3 Å². The lowest BCUT2D eigenvalue weighted by Crippen LogP contribution is -2.44. The number of rotatable bonds is 42. The van der Waals surface area contributed by atoms with Crippen LogP contribution < -0.4 is 9.05 Å². The second-order valence-electron chi connectivity index (χ2n) is 29.5. The van der Waals surface area contributed by atoms with Crippen LogP contribution in [-0.4, -0.2) is 46.2 Å². The van der Waals surface area contributed by atoms with Crippen molar-refractivity contribution in [2.75, 3.05) is 46.2 Å². The predicted molar refractivity (Wildman–Crippen MR) is 368 cm³/mol. The van der Waals surface area contributed by atoms with Crippen LogP contribution in [0.1, 0.15) is 343 Å². The van der Waals surface area contributed by atoms with Gasteiger partial charge in [-0.15, -0.1) is 0 Å². The van der Waals surface area contributed by atoms with Crippen LogP contribution in [0.3, 0.4) is 0 Å². The number of benzene rings is 2. The first kappa shape index (κ1) is 78.3. The molecule has 0 saturated carbocycles. The first-order valence-electron chi connectivity index (χ1n) is 34.9. The van der Waals surface area contributed by atoms with E-state index in [0.717, 1.165) is 48.7 Å². The molecule has 2 aromatic carbocycles. The van der Waals surface area contributed by atoms with Gasteiger partial charge in [-0.1, -0.05) is 314 Å². The molecule has 0 radical (unpaired) electrons. The molecule has 0 amide bonds. The molecule has 2 aliphatic rings. The highest BCUT2D eigenvalue weighted by Gasteiger charge is 2.44. The Kier molecular flexibility index (Phi) is 39.6. The first-order chi connectivity index (χ1) is 40.4. The van der Waals surface area contributed by atoms with E-state index >= 15 is 0 Å². The Morgan fingerprint density at radius 1 is 0.376 bits per heavy atom. The van der Waals surface area contributed by atoms with Crippen molar-refractivity contribution in [2.24, 2.45) is 5.41 Å². The molecule has 2 saturated heterocycles. The van der Waals surface area contributed by atoms with Gasteiger partial charge in [0.2, 0.25) is 0 Å². The molecule has 2 heterocycles. The Hall–Kier alpha value is -0.950. The zero-order valence-electron chi connectivity index (χ0n) is 58.4. The van der Waals surface area contributed by atoms with Gasteiger partial charge in [0, 0.05) is 11.1 Å². The molecule has 494 valence electrons. The minimum Gasteiger partial charge on any atom is -0.417 e. The summed E-state index contributed by atoms with van der Waals surface area (Å²) in [5.74, 6) is 1.74. The summed E-state index contributed by atoms with van der Waals surface area (Å²) < 4.78 is 55.1. The average molecular weight is 1250 g/mol. The van der Waals surface area contributed by atoms with Crippen molar-refractivity contribution in [3.05, 3.63) is 57.6 Å². The zero-order valence-corrected chi connectivity index (χ0v) is 61.1. The topological polar surface area (TPSA) is 83.1 Å². The molecule has 0 unspecified atom stereocenters. The van der Waals surface area contributed by atoms with E-state index in [2.05, 4.69) is 135 Å². The van der Waals surface area contributed by atoms with E-state index in [1.54, 1.807) is 0 Å². The van der Waals surface area contributed by atoms with E-state index < -0.39 is 25.8 Å². The Morgan fingerprint density at radius 3 is 0.871 bits per heavy atom. The normalized spacial score (nSPS) is 17.9. The van der Waals surface area contributed by atoms with Gasteiger partial charge in [-0.05, 0) is 77.5 Å². The summed E-state index contributed by atoms with van der Waals surface area (Å²) in [6, 6.07) is 9.08. The first-order valence-corrected chi connectivity index (χ1v) is 38.2. The predicted octanol–water partition coefficient (Wildman–Crippen LogP) is 25.3. The van der Waals surface area contributed by atoms with Gasteiger partial charge < -0.3 is 36.2 Å². The molecule has 0 N–H and O–H groups in total. The monoisotopic (exact) mass is 1250 g/mol. The van der Waals surface area contributed by atoms with Gasteiger partial charge >= 0.3 is 25.8 Å². The third kappa shape index (κ3) is 33.3. The molecular formula is C73H133O9P3. The minimum absolute atomic E-state index is 0.0535. The molecule has 0 aliphatic carbocycles. The molecule has 0 atom stereocenters. The quantitative estimate of drug-likeness (QED) is 0.0477. The summed E-state index contributed by atoms with van der Waals surface area (Å²) in [6.45, 7) is 42.0. The van der Waals surface area contributed by atoms with Gasteiger partial charge in [0.25, 0.3) is 0 Å². The number of aryl methyl sites for hydroxylation is 2. The van der Waals surface area contributed by atoms with Gasteiger partial charge in [0.15, 0.2) is 0 Å². The number of unbranched alkanes of at least 4 members (excludes halogenated alkanes) is 30. The van der Waals surface area contributed by atoms with Crippen molar-refractivity contribution in [1.82, 2.24) is 0 Å². The van der Waals surface area contributed by atoms with Crippen LogP contribution in [0.4, 0.5) is 0 Å². The standard InChI is InChI=1S/C41H82O6P2.C32H51O3P/c1-3-5-7-9-11-13-15-17-19-21-23-25-27-29-31-33-35-42-48-44-37-41(38-45-48)39-46-49(47-40-41)43-36-34-32-30-28-26-24-22-20-18-16-14-12-10-8-6-4-2;1-16-33-36(34-27-21(2)17-23(29(4,5)6)19-25(27)31(10,11)12)35-28-22(3)18-24(30(7,8)9)20-26(28)32(13,14)15/h3-40H2,1-2H3;17-20H,16H2,1-15H3. The van der Waals surface area contributed by atoms with E-state index in [1.165, 1.54) is 215 Å². The van der Waals surface area contributed by atoms with E-state index in [4.69, 9.17) is 40.7 Å². The van der Waals surface area contributed by atoms with Crippen molar-refractivity contribution >= 4 is 25.8 Å². The van der Waals surface area contributed by atoms with Crippen molar-refractivity contribution in [3.63, 3.8) is 0 Å². The number of hydrogen-bond acceptors (Lipinski definition) is 9. The molecule has 12 heteroatoms. The van der Waals surface area contributed by atoms with Gasteiger partial charge in [-0.2, -0.15) is 0 Å². The van der Waals surface area contributed by atoms with Gasteiger partial charge in [0.05, 0.1) is 51.7 Å². The van der Waals surface area contributed by atoms with Gasteiger partial charge in [-0.25, -0.2) is 0 Å². The Morgan fingerprint density at radius 2 is 0.635 bits per heavy atom. The van der Waals surface area contributed by atoms with Crippen molar-refractivity contribution in [2.45, 2.75) is 345 Å². The largest absolute Gasteiger partial charge is 0.463 e. The lowest BCUT2D eigenvalue weighted by atomic mass is 9.79. The second-order valence-corrected chi connectivity index (χ2v) is 33.0. The summed E-state index contributed by atoms with van der Waals surface area (Å²) in [4.78, 5) is 0. The lowest BCUT2D eigenvalue weighted by Gasteiger charge is -2.41. The SMILES string of the molecule is CCCCCCCCCCCCCCCCCCOP1OCC2(CO1)COP(OCCCCCCCCCCCCCCCCCC)OC2.CCOP(Oc1c(C)cc(C(C)(C)C)cc1C(C)(C)C)Oc1c(C)cc(C(C)(C)C)cc1C(C)(C)C. The van der Waals surface area contributed by atoms with Crippen molar-refractivity contribution < 1.29 is 40.7 Å². The molecule has 9 nitrogen and oxygen atoms in total. The summed E-state index contributed by atoms with van der Waals surface area (Å²) >= 11 is 0. The highest BCUT2D eigenvalue weighted by molar-refractivity contribution is 7.42. The third-order valence-corrected chi connectivity index (χ3v) is 20.0. The molecule has 2 aliphatic heterocycles. The Bertz CT molecular complexity index is 1860. The maximum atomic E-state index is 6.66. The van der Waals surface area contributed by atoms with E-state index in [-0.39, 0.29) is 27.1 Å². The molecule has 0 bridgehead atoms. The second kappa shape index (κ2) is 43.0. The van der Waals surface area contributed by atoms with E-state index in [1.807, 2.05) is 6.92 Å². The van der Waals surface area contributed by atoms with Crippen molar-refractivity contribution in [3.8, 4) is 11.5 Å². The maximum Gasteiger partial charge on any atom is 0.463 e. The lowest BCUT2D eigenvalue weighted by molar-refractivity contribution is -0.0761. The summed E-state index contributed by atoms with van der Waals surface area (Å²) in [7, 11) is -4.13. The van der Waals surface area contributed by atoms with Gasteiger partial charge in [-0.3, -0.25) is 4.52 Å². The van der Waals surface area contributed by atoms with Crippen LogP contribution >= 0.6 is 25.8 Å². The fourth-order valence-corrected chi connectivity index (χ4v) is 14.6. The average Bonchev–Trinajstić information content (AvgIpc) is 2.37. The van der Waals surface area contributed by atoms with Crippen LogP contribution in [0.15, 0.2) is 24.3 Å². The Labute approximate surface area is 529 Å². The highest BCUT2D eigenvalue weighted by atomic mass is 31.2. The minimum atomic E-state index is -1.65. The van der Waals surface area contributed by atoms with Crippen molar-refractivity contribution in [1.29, 1.82) is 0 Å². The molecule has 1 spiro atoms. The molecule has 85 heavy (non-hydrogen) atoms. The van der Waals surface area contributed by atoms with Crippen LogP contribution in [0.5, 0.6) is 11.5 Å². The van der Waals surface area contributed by atoms with Crippen LogP contribution in [0.25, 0.3) is 0 Å². The number of hydrogen-bond donors (Lipinski definition) is 0. The molecule has 2 fully saturated rings. The molecule has 4 rings (SSSR count). The van der Waals surface area contributed by atoms with E-state index in [0.29, 0.717) is 33.0 Å². The summed E-state index contributed by atoms with van der Waals surface area (Å²) in [5, 5.41) is 0. The molecule has 2 aromatic rings. The van der Waals surface area contributed by atoms with Crippen LogP contribution in [0.2, 0.25) is 0 Å². The maximum absolute atomic E-state index is 6.66. The summed E-state index contributed by atoms with van der Waals surface area (Å²) in [5.41, 5.74) is 6.90. The third-order valence-electron chi connectivity index (χ3n) is 16.8. The fourth-order valence-electron chi connectivity index (χ4n) is 10.9.